The average molecular weight is 360 g/mol. The van der Waals surface area contributed by atoms with Crippen LogP contribution >= 0.6 is 0 Å². The van der Waals surface area contributed by atoms with E-state index in [2.05, 4.69) is 24.5 Å². The highest BCUT2D eigenvalue weighted by molar-refractivity contribution is 5.93. The van der Waals surface area contributed by atoms with E-state index in [0.717, 1.165) is 12.8 Å². The summed E-state index contributed by atoms with van der Waals surface area (Å²) < 4.78 is 5.28. The van der Waals surface area contributed by atoms with E-state index in [-0.39, 0.29) is 17.9 Å². The summed E-state index contributed by atoms with van der Waals surface area (Å²) in [5.74, 6) is -0.0194. The molecule has 0 bridgehead atoms. The van der Waals surface area contributed by atoms with Crippen molar-refractivity contribution < 1.29 is 19.1 Å². The number of esters is 1. The highest BCUT2D eigenvalue weighted by atomic mass is 16.5. The molecule has 0 unspecified atom stereocenters. The van der Waals surface area contributed by atoms with E-state index < -0.39 is 12.1 Å². The third-order valence-corrected chi connectivity index (χ3v) is 5.13. The van der Waals surface area contributed by atoms with Crippen molar-refractivity contribution in [2.24, 2.45) is 11.8 Å². The number of rotatable bonds is 5. The molecule has 2 N–H and O–H groups in total. The van der Waals surface area contributed by atoms with Crippen molar-refractivity contribution in [3.63, 3.8) is 0 Å². The second-order valence-corrected chi connectivity index (χ2v) is 7.19. The van der Waals surface area contributed by atoms with Crippen LogP contribution < -0.4 is 10.6 Å². The van der Waals surface area contributed by atoms with E-state index in [1.54, 1.807) is 31.2 Å². The molecule has 1 aromatic carbocycles. The van der Waals surface area contributed by atoms with Gasteiger partial charge in [-0.1, -0.05) is 26.7 Å². The smallest absolute Gasteiger partial charge is 0.338 e. The van der Waals surface area contributed by atoms with Gasteiger partial charge in [-0.05, 0) is 49.4 Å². The summed E-state index contributed by atoms with van der Waals surface area (Å²) in [5, 5.41) is 5.65. The van der Waals surface area contributed by atoms with Gasteiger partial charge in [0, 0.05) is 18.7 Å². The Morgan fingerprint density at radius 1 is 1.12 bits per heavy atom. The second kappa shape index (κ2) is 8.83. The van der Waals surface area contributed by atoms with Gasteiger partial charge in [-0.3, -0.25) is 9.59 Å². The number of benzene rings is 1. The zero-order valence-corrected chi connectivity index (χ0v) is 15.9. The van der Waals surface area contributed by atoms with Crippen LogP contribution in [0.15, 0.2) is 24.3 Å². The van der Waals surface area contributed by atoms with E-state index >= 15 is 0 Å². The standard InChI is InChI=1S/C20H28N2O4/c1-12-6-5-7-18(13(12)2)22-19(24)14(3)26-20(25)16-8-10-17(11-9-16)21-15(4)23/h8-14,18H,5-7H2,1-4H3,(H,21,23)(H,22,24)/t12-,13-,14-,18+/m1/s1. The Bertz CT molecular complexity index is 656. The topological polar surface area (TPSA) is 84.5 Å². The number of hydrogen-bond acceptors (Lipinski definition) is 4. The molecule has 0 aromatic heterocycles. The van der Waals surface area contributed by atoms with Crippen molar-refractivity contribution in [2.75, 3.05) is 5.32 Å². The van der Waals surface area contributed by atoms with Crippen molar-refractivity contribution in [1.82, 2.24) is 5.32 Å². The van der Waals surface area contributed by atoms with Crippen LogP contribution in [-0.2, 0) is 14.3 Å². The molecule has 6 nitrogen and oxygen atoms in total. The molecule has 2 rings (SSSR count). The number of anilines is 1. The lowest BCUT2D eigenvalue weighted by Gasteiger charge is -2.35. The molecule has 0 aliphatic heterocycles. The maximum atomic E-state index is 12.4. The average Bonchev–Trinajstić information content (AvgIpc) is 2.59. The zero-order valence-electron chi connectivity index (χ0n) is 15.9. The molecule has 1 aliphatic rings. The van der Waals surface area contributed by atoms with Crippen molar-refractivity contribution in [2.45, 2.75) is 59.1 Å². The molecule has 0 radical (unpaired) electrons. The Morgan fingerprint density at radius 2 is 1.77 bits per heavy atom. The summed E-state index contributed by atoms with van der Waals surface area (Å²) in [6.07, 6.45) is 2.39. The van der Waals surface area contributed by atoms with Crippen LogP contribution in [0.25, 0.3) is 0 Å². The predicted molar refractivity (Wildman–Crippen MR) is 99.7 cm³/mol. The number of nitrogens with one attached hydrogen (secondary N) is 2. The Hall–Kier alpha value is -2.37. The van der Waals surface area contributed by atoms with Crippen LogP contribution in [0.3, 0.4) is 0 Å². The summed E-state index contributed by atoms with van der Waals surface area (Å²) in [6, 6.07) is 6.48. The first kappa shape index (κ1) is 19.9. The van der Waals surface area contributed by atoms with Gasteiger partial charge in [0.25, 0.3) is 5.91 Å². The van der Waals surface area contributed by atoms with Gasteiger partial charge >= 0.3 is 5.97 Å². The van der Waals surface area contributed by atoms with Gasteiger partial charge in [-0.15, -0.1) is 0 Å². The summed E-state index contributed by atoms with van der Waals surface area (Å²) in [6.45, 7) is 7.35. The molecule has 1 fully saturated rings. The van der Waals surface area contributed by atoms with Crippen LogP contribution in [0.5, 0.6) is 0 Å². The molecule has 0 heterocycles. The minimum atomic E-state index is -0.859. The summed E-state index contributed by atoms with van der Waals surface area (Å²) >= 11 is 0. The highest BCUT2D eigenvalue weighted by Crippen LogP contribution is 2.29. The molecule has 1 saturated carbocycles. The third kappa shape index (κ3) is 5.31. The monoisotopic (exact) mass is 360 g/mol. The fourth-order valence-electron chi connectivity index (χ4n) is 3.26. The minimum Gasteiger partial charge on any atom is -0.449 e. The molecular weight excluding hydrogens is 332 g/mol. The molecule has 0 spiro atoms. The Kier molecular flexibility index (Phi) is 6.77. The molecule has 0 saturated heterocycles. The van der Waals surface area contributed by atoms with Crippen molar-refractivity contribution >= 4 is 23.5 Å². The van der Waals surface area contributed by atoms with Crippen molar-refractivity contribution in [1.29, 1.82) is 0 Å². The summed E-state index contributed by atoms with van der Waals surface area (Å²) in [7, 11) is 0. The summed E-state index contributed by atoms with van der Waals surface area (Å²) in [5.41, 5.74) is 0.929. The predicted octanol–water partition coefficient (Wildman–Crippen LogP) is 3.13. The number of carbonyl (C=O) groups is 3. The Morgan fingerprint density at radius 3 is 2.38 bits per heavy atom. The molecule has 142 valence electrons. The lowest BCUT2D eigenvalue weighted by molar-refractivity contribution is -0.130. The second-order valence-electron chi connectivity index (χ2n) is 7.19. The van der Waals surface area contributed by atoms with Gasteiger partial charge in [-0.2, -0.15) is 0 Å². The number of ether oxygens (including phenoxy) is 1. The fraction of sp³-hybridized carbons (Fsp3) is 0.550. The van der Waals surface area contributed by atoms with E-state index in [1.807, 2.05) is 0 Å². The van der Waals surface area contributed by atoms with Gasteiger partial charge in [0.1, 0.15) is 0 Å². The van der Waals surface area contributed by atoms with E-state index in [1.165, 1.54) is 13.3 Å². The molecule has 26 heavy (non-hydrogen) atoms. The van der Waals surface area contributed by atoms with E-state index in [4.69, 9.17) is 4.74 Å². The van der Waals surface area contributed by atoms with Crippen LogP contribution in [0, 0.1) is 11.8 Å². The van der Waals surface area contributed by atoms with E-state index in [9.17, 15) is 14.4 Å². The minimum absolute atomic E-state index is 0.129. The fourth-order valence-corrected chi connectivity index (χ4v) is 3.26. The third-order valence-electron chi connectivity index (χ3n) is 5.13. The highest BCUT2D eigenvalue weighted by Gasteiger charge is 2.30. The number of amides is 2. The Balaban J connectivity index is 1.89. The van der Waals surface area contributed by atoms with Crippen LogP contribution in [0.1, 0.15) is 57.3 Å². The SMILES string of the molecule is CC(=O)Nc1ccc(C(=O)O[C@H](C)C(=O)N[C@H]2CCC[C@@H](C)[C@H]2C)cc1. The molecular formula is C20H28N2O4. The molecule has 1 aliphatic carbocycles. The van der Waals surface area contributed by atoms with Gasteiger partial charge in [0.2, 0.25) is 5.91 Å². The normalized spacial score (nSPS) is 23.6. The molecule has 2 amide bonds. The van der Waals surface area contributed by atoms with Crippen molar-refractivity contribution in [3.8, 4) is 0 Å². The van der Waals surface area contributed by atoms with Crippen LogP contribution in [-0.4, -0.2) is 29.9 Å². The number of carbonyl (C=O) groups excluding carboxylic acids is 3. The first-order valence-corrected chi connectivity index (χ1v) is 9.17. The zero-order chi connectivity index (χ0) is 19.3. The molecule has 6 heteroatoms. The van der Waals surface area contributed by atoms with Crippen molar-refractivity contribution in [3.05, 3.63) is 29.8 Å². The lowest BCUT2D eigenvalue weighted by atomic mass is 9.78. The first-order valence-electron chi connectivity index (χ1n) is 9.17. The molecule has 1 aromatic rings. The maximum Gasteiger partial charge on any atom is 0.338 e. The van der Waals surface area contributed by atoms with Gasteiger partial charge in [0.05, 0.1) is 5.56 Å². The van der Waals surface area contributed by atoms with Crippen LogP contribution in [0.2, 0.25) is 0 Å². The maximum absolute atomic E-state index is 12.4. The van der Waals surface area contributed by atoms with Crippen LogP contribution in [0.4, 0.5) is 5.69 Å². The number of hydrogen-bond donors (Lipinski definition) is 2. The quantitative estimate of drug-likeness (QED) is 0.790. The molecule has 4 atom stereocenters. The largest absolute Gasteiger partial charge is 0.449 e. The summed E-state index contributed by atoms with van der Waals surface area (Å²) in [4.78, 5) is 35.6. The Labute approximate surface area is 154 Å². The van der Waals surface area contributed by atoms with Gasteiger partial charge in [-0.25, -0.2) is 4.79 Å². The van der Waals surface area contributed by atoms with Gasteiger partial charge in [0.15, 0.2) is 6.10 Å². The van der Waals surface area contributed by atoms with Gasteiger partial charge < -0.3 is 15.4 Å². The lowest BCUT2D eigenvalue weighted by Crippen LogP contribution is -2.47. The van der Waals surface area contributed by atoms with E-state index in [0.29, 0.717) is 23.1 Å². The first-order chi connectivity index (χ1) is 12.3.